The van der Waals surface area contributed by atoms with Gasteiger partial charge in [0.15, 0.2) is 0 Å². The Morgan fingerprint density at radius 1 is 1.31 bits per heavy atom. The highest BCUT2D eigenvalue weighted by Crippen LogP contribution is 2.40. The molecule has 2 aromatic rings. The molecule has 3 nitrogen and oxygen atoms in total. The number of benzene rings is 1. The summed E-state index contributed by atoms with van der Waals surface area (Å²) in [6, 6.07) is 6.24. The van der Waals surface area contributed by atoms with E-state index in [-0.39, 0.29) is 6.10 Å². The molecule has 3 rings (SSSR count). The third-order valence-corrected chi connectivity index (χ3v) is 5.82. The second kappa shape index (κ2) is 8.09. The molecule has 0 aliphatic heterocycles. The van der Waals surface area contributed by atoms with E-state index in [1.54, 1.807) is 11.3 Å². The topological polar surface area (TPSA) is 34.1 Å². The van der Waals surface area contributed by atoms with E-state index in [0.717, 1.165) is 22.0 Å². The van der Waals surface area contributed by atoms with Crippen molar-refractivity contribution in [3.05, 3.63) is 46.5 Å². The zero-order valence-electron chi connectivity index (χ0n) is 16.3. The van der Waals surface area contributed by atoms with Crippen LogP contribution in [0.4, 0.5) is 5.69 Å². The summed E-state index contributed by atoms with van der Waals surface area (Å²) in [5.74, 6) is 0.879. The molecule has 0 atom stereocenters. The number of hydrogen-bond acceptors (Lipinski definition) is 4. The van der Waals surface area contributed by atoms with E-state index in [1.165, 1.54) is 40.9 Å². The van der Waals surface area contributed by atoms with Gasteiger partial charge in [-0.1, -0.05) is 11.6 Å². The van der Waals surface area contributed by atoms with Crippen molar-refractivity contribution >= 4 is 22.6 Å². The van der Waals surface area contributed by atoms with Crippen molar-refractivity contribution in [1.82, 2.24) is 4.98 Å². The molecule has 0 spiro atoms. The predicted octanol–water partition coefficient (Wildman–Crippen LogP) is 6.54. The number of anilines is 1. The fourth-order valence-electron chi connectivity index (χ4n) is 3.47. The number of thiazole rings is 1. The summed E-state index contributed by atoms with van der Waals surface area (Å²) in [4.78, 5) is 5.96. The van der Waals surface area contributed by atoms with Crippen molar-refractivity contribution in [1.29, 1.82) is 0 Å². The standard InChI is InChI=1S/C22H28N2OS/c1-6-17(18-9-7-8-15(18)4)21-13-24-22(26-21)16-10-11-20(25-14(2)3)19(12-16)23-5/h6,10-14,23H,7-9H2,1-5H3/b17-6+. The first kappa shape index (κ1) is 18.7. The van der Waals surface area contributed by atoms with Gasteiger partial charge in [0.1, 0.15) is 10.8 Å². The lowest BCUT2D eigenvalue weighted by Crippen LogP contribution is -2.07. The van der Waals surface area contributed by atoms with Gasteiger partial charge in [-0.2, -0.15) is 0 Å². The Hall–Kier alpha value is -2.07. The zero-order valence-corrected chi connectivity index (χ0v) is 17.2. The lowest BCUT2D eigenvalue weighted by Gasteiger charge is -2.14. The Labute approximate surface area is 160 Å². The Kier molecular flexibility index (Phi) is 5.82. The molecule has 26 heavy (non-hydrogen) atoms. The molecular formula is C22H28N2OS. The van der Waals surface area contributed by atoms with Crippen LogP contribution in [0.25, 0.3) is 16.1 Å². The number of nitrogens with zero attached hydrogens (tertiary/aromatic N) is 1. The Morgan fingerprint density at radius 3 is 2.73 bits per heavy atom. The zero-order chi connectivity index (χ0) is 18.7. The molecule has 1 N–H and O–H groups in total. The molecule has 1 heterocycles. The third kappa shape index (κ3) is 3.85. The highest BCUT2D eigenvalue weighted by Gasteiger charge is 2.18. The summed E-state index contributed by atoms with van der Waals surface area (Å²) in [5, 5.41) is 4.28. The van der Waals surface area contributed by atoms with Crippen molar-refractivity contribution in [3.8, 4) is 16.3 Å². The minimum Gasteiger partial charge on any atom is -0.489 e. The summed E-state index contributed by atoms with van der Waals surface area (Å²) in [6.07, 6.45) is 8.09. The minimum atomic E-state index is 0.152. The number of nitrogens with one attached hydrogen (secondary N) is 1. The van der Waals surface area contributed by atoms with Crippen LogP contribution >= 0.6 is 11.3 Å². The first-order valence-corrected chi connectivity index (χ1v) is 10.2. The van der Waals surface area contributed by atoms with Crippen molar-refractivity contribution in [2.24, 2.45) is 0 Å². The van der Waals surface area contributed by atoms with Crippen LogP contribution in [0.15, 0.2) is 41.6 Å². The molecule has 1 aromatic carbocycles. The van der Waals surface area contributed by atoms with Gasteiger partial charge >= 0.3 is 0 Å². The van der Waals surface area contributed by atoms with Crippen LogP contribution in [0, 0.1) is 0 Å². The van der Waals surface area contributed by atoms with Crippen LogP contribution in [0.1, 0.15) is 51.8 Å². The monoisotopic (exact) mass is 368 g/mol. The minimum absolute atomic E-state index is 0.152. The van der Waals surface area contributed by atoms with Gasteiger partial charge in [0.25, 0.3) is 0 Å². The number of hydrogen-bond donors (Lipinski definition) is 1. The number of allylic oxidation sites excluding steroid dienone is 4. The van der Waals surface area contributed by atoms with Gasteiger partial charge in [0.2, 0.25) is 0 Å². The summed E-state index contributed by atoms with van der Waals surface area (Å²) in [7, 11) is 1.92. The number of aromatic nitrogens is 1. The van der Waals surface area contributed by atoms with E-state index in [9.17, 15) is 0 Å². The average Bonchev–Trinajstić information content (AvgIpc) is 3.26. The third-order valence-electron chi connectivity index (χ3n) is 4.74. The van der Waals surface area contributed by atoms with Gasteiger partial charge in [-0.05, 0) is 76.3 Å². The molecule has 1 aliphatic rings. The summed E-state index contributed by atoms with van der Waals surface area (Å²) >= 11 is 1.76. The Bertz CT molecular complexity index is 846. The Balaban J connectivity index is 1.91. The maximum absolute atomic E-state index is 5.87. The highest BCUT2D eigenvalue weighted by atomic mass is 32.1. The van der Waals surface area contributed by atoms with Crippen LogP contribution in [0.5, 0.6) is 5.75 Å². The van der Waals surface area contributed by atoms with Gasteiger partial charge in [0, 0.05) is 18.8 Å². The fraction of sp³-hybridized carbons (Fsp3) is 0.409. The average molecular weight is 369 g/mol. The van der Waals surface area contributed by atoms with Crippen molar-refractivity contribution in [2.75, 3.05) is 12.4 Å². The summed E-state index contributed by atoms with van der Waals surface area (Å²) < 4.78 is 5.87. The van der Waals surface area contributed by atoms with Crippen LogP contribution < -0.4 is 10.1 Å². The molecule has 0 saturated carbocycles. The quantitative estimate of drug-likeness (QED) is 0.628. The molecule has 0 unspecified atom stereocenters. The van der Waals surface area contributed by atoms with E-state index in [4.69, 9.17) is 9.72 Å². The van der Waals surface area contributed by atoms with Crippen molar-refractivity contribution < 1.29 is 4.74 Å². The molecule has 0 bridgehead atoms. The van der Waals surface area contributed by atoms with E-state index < -0.39 is 0 Å². The molecule has 0 saturated heterocycles. The molecular weight excluding hydrogens is 340 g/mol. The second-order valence-electron chi connectivity index (χ2n) is 6.97. The Morgan fingerprint density at radius 2 is 2.12 bits per heavy atom. The molecule has 0 fully saturated rings. The molecule has 138 valence electrons. The molecule has 1 aromatic heterocycles. The van der Waals surface area contributed by atoms with Crippen LogP contribution in [0.3, 0.4) is 0 Å². The van der Waals surface area contributed by atoms with E-state index in [2.05, 4.69) is 37.4 Å². The molecule has 1 aliphatic carbocycles. The first-order valence-electron chi connectivity index (χ1n) is 9.33. The van der Waals surface area contributed by atoms with Crippen molar-refractivity contribution in [3.63, 3.8) is 0 Å². The van der Waals surface area contributed by atoms with Crippen LogP contribution in [-0.4, -0.2) is 18.1 Å². The van der Waals surface area contributed by atoms with Gasteiger partial charge in [-0.3, -0.25) is 0 Å². The maximum Gasteiger partial charge on any atom is 0.142 e. The largest absolute Gasteiger partial charge is 0.489 e. The predicted molar refractivity (Wildman–Crippen MR) is 113 cm³/mol. The van der Waals surface area contributed by atoms with E-state index >= 15 is 0 Å². The number of rotatable bonds is 6. The molecule has 4 heteroatoms. The van der Waals surface area contributed by atoms with E-state index in [0.29, 0.717) is 0 Å². The summed E-state index contributed by atoms with van der Waals surface area (Å²) in [6.45, 7) is 8.47. The van der Waals surface area contributed by atoms with Gasteiger partial charge < -0.3 is 10.1 Å². The number of ether oxygens (including phenoxy) is 1. The normalized spacial score (nSPS) is 15.1. The van der Waals surface area contributed by atoms with Gasteiger partial charge in [-0.15, -0.1) is 11.3 Å². The van der Waals surface area contributed by atoms with Crippen LogP contribution in [-0.2, 0) is 0 Å². The maximum atomic E-state index is 5.87. The van der Waals surface area contributed by atoms with Crippen molar-refractivity contribution in [2.45, 2.75) is 53.1 Å². The smallest absolute Gasteiger partial charge is 0.142 e. The first-order chi connectivity index (χ1) is 12.5. The van der Waals surface area contributed by atoms with Gasteiger partial charge in [0.05, 0.1) is 16.7 Å². The molecule has 0 amide bonds. The van der Waals surface area contributed by atoms with Gasteiger partial charge in [-0.25, -0.2) is 4.98 Å². The lowest BCUT2D eigenvalue weighted by molar-refractivity contribution is 0.244. The highest BCUT2D eigenvalue weighted by molar-refractivity contribution is 7.16. The second-order valence-corrected chi connectivity index (χ2v) is 8.00. The van der Waals surface area contributed by atoms with E-state index in [1.807, 2.05) is 33.2 Å². The SMILES string of the molecule is C/C=C(\C1=C(C)CCC1)c1cnc(-c2ccc(OC(C)C)c(NC)c2)s1. The van der Waals surface area contributed by atoms with Crippen LogP contribution in [0.2, 0.25) is 0 Å². The lowest BCUT2D eigenvalue weighted by atomic mass is 10.0. The molecule has 0 radical (unpaired) electrons. The fourth-order valence-corrected chi connectivity index (χ4v) is 4.49. The summed E-state index contributed by atoms with van der Waals surface area (Å²) in [5.41, 5.74) is 6.51.